The summed E-state index contributed by atoms with van der Waals surface area (Å²) >= 11 is 0. The van der Waals surface area contributed by atoms with Crippen LogP contribution in [0.25, 0.3) is 0 Å². The van der Waals surface area contributed by atoms with Crippen LogP contribution in [0.4, 0.5) is 13.2 Å². The quantitative estimate of drug-likeness (QED) is 0.853. The molecule has 2 nitrogen and oxygen atoms in total. The highest BCUT2D eigenvalue weighted by atomic mass is 19.4. The molecule has 0 aromatic rings. The lowest BCUT2D eigenvalue weighted by atomic mass is 9.90. The van der Waals surface area contributed by atoms with Gasteiger partial charge in [-0.05, 0) is 38.1 Å². The average Bonchev–Trinajstić information content (AvgIpc) is 2.83. The number of nitrogens with zero attached hydrogens (tertiary/aromatic N) is 1. The van der Waals surface area contributed by atoms with Crippen molar-refractivity contribution in [2.45, 2.75) is 63.1 Å². The first kappa shape index (κ1) is 15.1. The largest absolute Gasteiger partial charge is 0.417 e. The number of rotatable bonds is 4. The second kappa shape index (κ2) is 6.00. The summed E-state index contributed by atoms with van der Waals surface area (Å²) in [7, 11) is 0. The summed E-state index contributed by atoms with van der Waals surface area (Å²) in [5, 5.41) is 9.57. The fourth-order valence-electron chi connectivity index (χ4n) is 3.33. The lowest BCUT2D eigenvalue weighted by Gasteiger charge is -2.39. The van der Waals surface area contributed by atoms with Gasteiger partial charge in [0.25, 0.3) is 0 Å². The van der Waals surface area contributed by atoms with Gasteiger partial charge in [-0.2, -0.15) is 13.2 Å². The lowest BCUT2D eigenvalue weighted by Crippen LogP contribution is -2.53. The van der Waals surface area contributed by atoms with Crippen molar-refractivity contribution in [3.8, 4) is 0 Å². The summed E-state index contributed by atoms with van der Waals surface area (Å²) < 4.78 is 37.9. The van der Waals surface area contributed by atoms with E-state index in [2.05, 4.69) is 4.90 Å². The van der Waals surface area contributed by atoms with Crippen LogP contribution in [0.5, 0.6) is 0 Å². The van der Waals surface area contributed by atoms with Crippen LogP contribution in [0.2, 0.25) is 0 Å². The number of aliphatic hydroxyl groups is 1. The standard InChI is InChI=1S/C14H24F3NO/c15-14(16,17)13(19)7-10-18(11-8-13)9-3-6-12-4-1-2-5-12/h12,19H,1-11H2. The molecule has 19 heavy (non-hydrogen) atoms. The van der Waals surface area contributed by atoms with E-state index in [9.17, 15) is 18.3 Å². The van der Waals surface area contributed by atoms with Crippen LogP contribution >= 0.6 is 0 Å². The summed E-state index contributed by atoms with van der Waals surface area (Å²) in [4.78, 5) is 2.06. The molecule has 0 unspecified atom stereocenters. The first-order valence-electron chi connectivity index (χ1n) is 7.42. The first-order chi connectivity index (χ1) is 8.91. The van der Waals surface area contributed by atoms with E-state index in [1.807, 2.05) is 0 Å². The third kappa shape index (κ3) is 3.85. The highest BCUT2D eigenvalue weighted by molar-refractivity contribution is 4.91. The molecular formula is C14H24F3NO. The first-order valence-corrected chi connectivity index (χ1v) is 7.42. The van der Waals surface area contributed by atoms with Gasteiger partial charge >= 0.3 is 6.18 Å². The number of hydrogen-bond acceptors (Lipinski definition) is 2. The molecule has 1 N–H and O–H groups in total. The Hall–Kier alpha value is -0.290. The van der Waals surface area contributed by atoms with Crippen LogP contribution in [0.15, 0.2) is 0 Å². The lowest BCUT2D eigenvalue weighted by molar-refractivity contribution is -0.272. The van der Waals surface area contributed by atoms with Crippen molar-refractivity contribution in [1.82, 2.24) is 4.90 Å². The van der Waals surface area contributed by atoms with Crippen LogP contribution < -0.4 is 0 Å². The van der Waals surface area contributed by atoms with Crippen molar-refractivity contribution in [3.63, 3.8) is 0 Å². The van der Waals surface area contributed by atoms with E-state index in [0.717, 1.165) is 18.9 Å². The maximum absolute atomic E-state index is 12.6. The minimum absolute atomic E-state index is 0.181. The van der Waals surface area contributed by atoms with Crippen LogP contribution in [-0.2, 0) is 0 Å². The number of alkyl halides is 3. The predicted octanol–water partition coefficient (Wildman–Crippen LogP) is 3.35. The maximum Gasteiger partial charge on any atom is 0.417 e. The highest BCUT2D eigenvalue weighted by Gasteiger charge is 2.54. The second-order valence-electron chi connectivity index (χ2n) is 6.16. The third-order valence-electron chi connectivity index (χ3n) is 4.77. The van der Waals surface area contributed by atoms with Gasteiger partial charge in [0.15, 0.2) is 5.60 Å². The van der Waals surface area contributed by atoms with Gasteiger partial charge in [-0.25, -0.2) is 0 Å². The van der Waals surface area contributed by atoms with E-state index < -0.39 is 11.8 Å². The molecular weight excluding hydrogens is 255 g/mol. The van der Waals surface area contributed by atoms with Gasteiger partial charge in [-0.3, -0.25) is 0 Å². The van der Waals surface area contributed by atoms with Crippen molar-refractivity contribution in [1.29, 1.82) is 0 Å². The van der Waals surface area contributed by atoms with Crippen LogP contribution in [0.1, 0.15) is 51.4 Å². The van der Waals surface area contributed by atoms with E-state index in [1.165, 1.54) is 32.1 Å². The molecule has 0 amide bonds. The summed E-state index contributed by atoms with van der Waals surface area (Å²) in [6.45, 7) is 1.60. The van der Waals surface area contributed by atoms with E-state index in [-0.39, 0.29) is 12.8 Å². The Kier molecular flexibility index (Phi) is 4.77. The SMILES string of the molecule is OC1(C(F)(F)F)CCN(CCCC2CCCC2)CC1. The molecule has 0 radical (unpaired) electrons. The van der Waals surface area contributed by atoms with Gasteiger partial charge in [0, 0.05) is 13.1 Å². The number of halogens is 3. The molecule has 0 atom stereocenters. The van der Waals surface area contributed by atoms with Crippen molar-refractivity contribution in [2.24, 2.45) is 5.92 Å². The van der Waals surface area contributed by atoms with Crippen molar-refractivity contribution in [3.05, 3.63) is 0 Å². The summed E-state index contributed by atoms with van der Waals surface area (Å²) in [6, 6.07) is 0. The topological polar surface area (TPSA) is 23.5 Å². The smallest absolute Gasteiger partial charge is 0.380 e. The molecule has 0 spiro atoms. The monoisotopic (exact) mass is 279 g/mol. The molecule has 0 aromatic heterocycles. The van der Waals surface area contributed by atoms with Gasteiger partial charge in [0.2, 0.25) is 0 Å². The Bertz CT molecular complexity index is 279. The second-order valence-corrected chi connectivity index (χ2v) is 6.16. The molecule has 1 aliphatic carbocycles. The van der Waals surface area contributed by atoms with E-state index >= 15 is 0 Å². The zero-order valence-corrected chi connectivity index (χ0v) is 11.4. The van der Waals surface area contributed by atoms with Gasteiger partial charge in [-0.1, -0.05) is 25.7 Å². The van der Waals surface area contributed by atoms with E-state index in [1.54, 1.807) is 0 Å². The molecule has 2 fully saturated rings. The molecule has 112 valence electrons. The van der Waals surface area contributed by atoms with Gasteiger partial charge in [0.05, 0.1) is 0 Å². The van der Waals surface area contributed by atoms with Crippen LogP contribution in [0, 0.1) is 5.92 Å². The fourth-order valence-corrected chi connectivity index (χ4v) is 3.33. The van der Waals surface area contributed by atoms with Gasteiger partial charge in [-0.15, -0.1) is 0 Å². The highest BCUT2D eigenvalue weighted by Crippen LogP contribution is 2.38. The van der Waals surface area contributed by atoms with E-state index in [4.69, 9.17) is 0 Å². The normalized spacial score (nSPS) is 25.9. The molecule has 0 bridgehead atoms. The Morgan fingerprint density at radius 3 is 2.21 bits per heavy atom. The number of piperidine rings is 1. The summed E-state index contributed by atoms with van der Waals surface area (Å²) in [5.41, 5.74) is -2.45. The minimum Gasteiger partial charge on any atom is -0.380 e. The van der Waals surface area contributed by atoms with Crippen molar-refractivity contribution >= 4 is 0 Å². The van der Waals surface area contributed by atoms with Crippen molar-refractivity contribution < 1.29 is 18.3 Å². The zero-order chi connectivity index (χ0) is 13.9. The molecule has 2 aliphatic rings. The number of likely N-dealkylation sites (tertiary alicyclic amines) is 1. The van der Waals surface area contributed by atoms with E-state index in [0.29, 0.717) is 13.1 Å². The average molecular weight is 279 g/mol. The molecule has 5 heteroatoms. The minimum atomic E-state index is -4.48. The van der Waals surface area contributed by atoms with Crippen LogP contribution in [0.3, 0.4) is 0 Å². The van der Waals surface area contributed by atoms with Crippen molar-refractivity contribution in [2.75, 3.05) is 19.6 Å². The zero-order valence-electron chi connectivity index (χ0n) is 11.4. The summed E-state index contributed by atoms with van der Waals surface area (Å²) in [5.74, 6) is 0.844. The molecule has 1 saturated heterocycles. The molecule has 1 heterocycles. The van der Waals surface area contributed by atoms with Crippen LogP contribution in [-0.4, -0.2) is 41.4 Å². The van der Waals surface area contributed by atoms with Gasteiger partial charge < -0.3 is 10.0 Å². The molecule has 2 rings (SSSR count). The fraction of sp³-hybridized carbons (Fsp3) is 1.00. The van der Waals surface area contributed by atoms with Gasteiger partial charge in [0.1, 0.15) is 0 Å². The summed E-state index contributed by atoms with van der Waals surface area (Å²) in [6.07, 6.45) is 2.78. The Morgan fingerprint density at radius 1 is 1.11 bits per heavy atom. The number of hydrogen-bond donors (Lipinski definition) is 1. The predicted molar refractivity (Wildman–Crippen MR) is 67.9 cm³/mol. The molecule has 0 aromatic carbocycles. The maximum atomic E-state index is 12.6. The Morgan fingerprint density at radius 2 is 1.68 bits per heavy atom. The Labute approximate surface area is 113 Å². The molecule has 1 saturated carbocycles. The Balaban J connectivity index is 1.66. The third-order valence-corrected chi connectivity index (χ3v) is 4.77. The molecule has 1 aliphatic heterocycles.